The van der Waals surface area contributed by atoms with Crippen LogP contribution in [0, 0.1) is 20.2 Å². The van der Waals surface area contributed by atoms with Crippen LogP contribution < -0.4 is 0 Å². The van der Waals surface area contributed by atoms with Gasteiger partial charge in [0.15, 0.2) is 0 Å². The fraction of sp³-hybridized carbons (Fsp3) is 0.750. The Kier molecular flexibility index (Phi) is 3.54. The number of carbonyl (C=O) groups excluding carboxylic acids is 1. The van der Waals surface area contributed by atoms with E-state index in [1.165, 1.54) is 6.92 Å². The van der Waals surface area contributed by atoms with Gasteiger partial charge in [0.1, 0.15) is 9.85 Å². The first kappa shape index (κ1) is 11.6. The second-order valence-electron chi connectivity index (χ2n) is 1.82. The average Bonchev–Trinajstić information content (AvgIpc) is 2.02. The molecule has 13 heavy (non-hydrogen) atoms. The minimum Gasteiger partial charge on any atom is -0.454 e. The molecule has 0 saturated carbocycles. The van der Waals surface area contributed by atoms with Gasteiger partial charge in [-0.05, 0) is 6.92 Å². The summed E-state index contributed by atoms with van der Waals surface area (Å²) in [4.78, 5) is 27.9. The van der Waals surface area contributed by atoms with Gasteiger partial charge in [0.25, 0.3) is 0 Å². The number of esters is 1. The zero-order chi connectivity index (χ0) is 10.6. The van der Waals surface area contributed by atoms with Crippen molar-refractivity contribution < 1.29 is 19.4 Å². The highest BCUT2D eigenvalue weighted by Gasteiger charge is 2.65. The topological polar surface area (TPSA) is 113 Å². The molecular weight excluding hydrogens is 208 g/mol. The number of ether oxygens (including phenoxy) is 1. The third-order valence-corrected chi connectivity index (χ3v) is 1.45. The second kappa shape index (κ2) is 3.99. The molecule has 0 heterocycles. The molecule has 0 aromatic rings. The largest absolute Gasteiger partial charge is 0.634 e. The van der Waals surface area contributed by atoms with Gasteiger partial charge in [-0.1, -0.05) is 0 Å². The summed E-state index contributed by atoms with van der Waals surface area (Å²) in [5.41, 5.74) is 0. The molecule has 0 aromatic carbocycles. The second-order valence-corrected chi connectivity index (χ2v) is 2.35. The molecule has 9 heteroatoms. The maximum atomic E-state index is 10.7. The van der Waals surface area contributed by atoms with E-state index in [0.29, 0.717) is 0 Å². The molecule has 0 bridgehead atoms. The molecule has 0 unspecified atom stereocenters. The highest BCUT2D eigenvalue weighted by atomic mass is 35.5. The predicted octanol–water partition coefficient (Wildman–Crippen LogP) is -0.00450. The lowest BCUT2D eigenvalue weighted by Gasteiger charge is -2.07. The van der Waals surface area contributed by atoms with Crippen molar-refractivity contribution in [1.29, 1.82) is 0 Å². The number of nitrogens with zero attached hydrogens (tertiary/aromatic N) is 2. The van der Waals surface area contributed by atoms with E-state index in [1.54, 1.807) is 0 Å². The van der Waals surface area contributed by atoms with Crippen molar-refractivity contribution in [3.63, 3.8) is 0 Å². The van der Waals surface area contributed by atoms with Crippen LogP contribution >= 0.6 is 11.6 Å². The molecule has 0 N–H and O–H groups in total. The van der Waals surface area contributed by atoms with Crippen LogP contribution in [0.5, 0.6) is 0 Å². The summed E-state index contributed by atoms with van der Waals surface area (Å²) < 4.78 is 4.08. The maximum Gasteiger partial charge on any atom is 0.634 e. The number of rotatable bonds is 4. The smallest absolute Gasteiger partial charge is 0.454 e. The van der Waals surface area contributed by atoms with E-state index in [4.69, 9.17) is 11.6 Å². The zero-order valence-corrected chi connectivity index (χ0v) is 7.18. The molecule has 74 valence electrons. The SMILES string of the molecule is CCOC(=O)C(Cl)([N+](=O)[O-])[N+](=O)[O-]. The average molecular weight is 213 g/mol. The molecule has 0 fully saturated rings. The Morgan fingerprint density at radius 2 is 1.85 bits per heavy atom. The fourth-order valence-corrected chi connectivity index (χ4v) is 0.493. The van der Waals surface area contributed by atoms with Gasteiger partial charge >= 0.3 is 11.1 Å². The lowest BCUT2D eigenvalue weighted by Crippen LogP contribution is -2.49. The summed E-state index contributed by atoms with van der Waals surface area (Å²) in [7, 11) is 0. The Morgan fingerprint density at radius 3 is 2.08 bits per heavy atom. The summed E-state index contributed by atoms with van der Waals surface area (Å²) in [6, 6.07) is 0. The van der Waals surface area contributed by atoms with E-state index in [-0.39, 0.29) is 6.61 Å². The summed E-state index contributed by atoms with van der Waals surface area (Å²) >= 11 is 4.87. The molecule has 0 aliphatic rings. The molecule has 0 radical (unpaired) electrons. The van der Waals surface area contributed by atoms with Crippen molar-refractivity contribution in [2.45, 2.75) is 12.0 Å². The summed E-state index contributed by atoms with van der Waals surface area (Å²) in [6.07, 6.45) is 0. The van der Waals surface area contributed by atoms with Crippen molar-refractivity contribution in [3.05, 3.63) is 20.2 Å². The number of hydrogen-bond donors (Lipinski definition) is 0. The van der Waals surface area contributed by atoms with Gasteiger partial charge in [0.05, 0.1) is 18.2 Å². The number of carbonyl (C=O) groups is 1. The lowest BCUT2D eigenvalue weighted by atomic mass is 10.5. The van der Waals surface area contributed by atoms with Gasteiger partial charge in [-0.2, -0.15) is 0 Å². The Labute approximate surface area is 76.7 Å². The third-order valence-electron chi connectivity index (χ3n) is 1.02. The summed E-state index contributed by atoms with van der Waals surface area (Å²) in [6.45, 7) is 1.12. The van der Waals surface area contributed by atoms with Gasteiger partial charge in [-0.25, -0.2) is 4.79 Å². The van der Waals surface area contributed by atoms with E-state index in [9.17, 15) is 25.0 Å². The van der Waals surface area contributed by atoms with Crippen LogP contribution in [-0.4, -0.2) is 27.5 Å². The first-order chi connectivity index (χ1) is 5.87. The molecule has 0 spiro atoms. The van der Waals surface area contributed by atoms with Crippen LogP contribution in [0.25, 0.3) is 0 Å². The number of alkyl halides is 1. The van der Waals surface area contributed by atoms with Crippen LogP contribution in [0.15, 0.2) is 0 Å². The van der Waals surface area contributed by atoms with Crippen molar-refractivity contribution in [1.82, 2.24) is 0 Å². The predicted molar refractivity (Wildman–Crippen MR) is 39.2 cm³/mol. The molecular formula is C4H5ClN2O6. The van der Waals surface area contributed by atoms with Crippen molar-refractivity contribution in [3.8, 4) is 0 Å². The van der Waals surface area contributed by atoms with E-state index < -0.39 is 20.9 Å². The lowest BCUT2D eigenvalue weighted by molar-refractivity contribution is -0.748. The molecule has 0 rings (SSSR count). The first-order valence-electron chi connectivity index (χ1n) is 3.02. The number of nitro groups is 2. The molecule has 0 aliphatic heterocycles. The van der Waals surface area contributed by atoms with Crippen LogP contribution in [0.1, 0.15) is 6.92 Å². The van der Waals surface area contributed by atoms with Gasteiger partial charge in [0.2, 0.25) is 0 Å². The Bertz CT molecular complexity index is 239. The highest BCUT2D eigenvalue weighted by Crippen LogP contribution is 2.18. The number of halogens is 1. The molecule has 0 atom stereocenters. The van der Waals surface area contributed by atoms with Gasteiger partial charge in [-0.15, -0.1) is 0 Å². The molecule has 0 aromatic heterocycles. The van der Waals surface area contributed by atoms with Crippen LogP contribution in [-0.2, 0) is 9.53 Å². The van der Waals surface area contributed by atoms with Crippen molar-refractivity contribution in [2.75, 3.05) is 6.61 Å². The zero-order valence-electron chi connectivity index (χ0n) is 6.43. The quantitative estimate of drug-likeness (QED) is 0.162. The Hall–Kier alpha value is -1.44. The summed E-state index contributed by atoms with van der Waals surface area (Å²) in [5.74, 6) is -1.70. The highest BCUT2D eigenvalue weighted by molar-refractivity contribution is 6.30. The third kappa shape index (κ3) is 2.02. The van der Waals surface area contributed by atoms with Gasteiger partial charge < -0.3 is 4.74 Å². The fourth-order valence-electron chi connectivity index (χ4n) is 0.439. The maximum absolute atomic E-state index is 10.7. The van der Waals surface area contributed by atoms with Gasteiger partial charge in [0, 0.05) is 0 Å². The van der Waals surface area contributed by atoms with Crippen molar-refractivity contribution >= 4 is 17.6 Å². The van der Waals surface area contributed by atoms with Crippen LogP contribution in [0.3, 0.4) is 0 Å². The van der Waals surface area contributed by atoms with E-state index >= 15 is 0 Å². The first-order valence-corrected chi connectivity index (χ1v) is 3.40. The minimum absolute atomic E-state index is 0.227. The Balaban J connectivity index is 4.91. The van der Waals surface area contributed by atoms with E-state index in [0.717, 1.165) is 0 Å². The molecule has 0 aliphatic carbocycles. The molecule has 8 nitrogen and oxygen atoms in total. The molecule has 0 amide bonds. The van der Waals surface area contributed by atoms with Gasteiger partial charge in [-0.3, -0.25) is 20.2 Å². The van der Waals surface area contributed by atoms with Crippen molar-refractivity contribution in [2.24, 2.45) is 0 Å². The normalized spacial score (nSPS) is 10.6. The monoisotopic (exact) mass is 212 g/mol. The summed E-state index contributed by atoms with van der Waals surface area (Å²) in [5, 5.41) is 16.8. The van der Waals surface area contributed by atoms with E-state index in [2.05, 4.69) is 4.74 Å². The van der Waals surface area contributed by atoms with Crippen LogP contribution in [0.4, 0.5) is 0 Å². The number of hydrogen-bond acceptors (Lipinski definition) is 6. The van der Waals surface area contributed by atoms with E-state index in [1.807, 2.05) is 0 Å². The van der Waals surface area contributed by atoms with Crippen LogP contribution in [0.2, 0.25) is 0 Å². The standard InChI is InChI=1S/C4H5ClN2O6/c1-2-13-3(8)4(5,6(9)10)7(11)12/h2H2,1H3. The Morgan fingerprint density at radius 1 is 1.46 bits per heavy atom. The minimum atomic E-state index is -3.43. The molecule has 0 saturated heterocycles.